The molecule has 0 spiro atoms. The molecular weight excluding hydrogens is 244 g/mol. The number of amides is 2. The Labute approximate surface area is 110 Å². The van der Waals surface area contributed by atoms with Gasteiger partial charge in [0.1, 0.15) is 0 Å². The number of rotatable bonds is 2. The van der Waals surface area contributed by atoms with Crippen LogP contribution < -0.4 is 9.64 Å². The van der Waals surface area contributed by atoms with Crippen molar-refractivity contribution in [3.63, 3.8) is 0 Å². The molecule has 0 fully saturated rings. The second kappa shape index (κ2) is 4.50. The molecule has 1 aliphatic heterocycles. The average molecular weight is 258 g/mol. The molecule has 1 aliphatic carbocycles. The zero-order valence-electron chi connectivity index (χ0n) is 10.7. The van der Waals surface area contributed by atoms with Crippen LogP contribution >= 0.6 is 0 Å². The lowest BCUT2D eigenvalue weighted by molar-refractivity contribution is -0.120. The summed E-state index contributed by atoms with van der Waals surface area (Å²) in [6.07, 6.45) is 4.87. The summed E-state index contributed by atoms with van der Waals surface area (Å²) < 4.78 is 4.97. The number of carbonyl (C=O) groups excluding carboxylic acids is 2. The minimum atomic E-state index is -0.188. The molecule has 2 heterocycles. The van der Waals surface area contributed by atoms with Gasteiger partial charge in [-0.1, -0.05) is 0 Å². The summed E-state index contributed by atoms with van der Waals surface area (Å²) >= 11 is 0. The molecule has 0 bridgehead atoms. The molecule has 0 aromatic carbocycles. The van der Waals surface area contributed by atoms with Crippen molar-refractivity contribution in [1.82, 2.24) is 4.98 Å². The van der Waals surface area contributed by atoms with E-state index in [-0.39, 0.29) is 11.8 Å². The summed E-state index contributed by atoms with van der Waals surface area (Å²) in [7, 11) is 1.52. The molecule has 2 aliphatic rings. The molecular formula is C14H14N2O3. The van der Waals surface area contributed by atoms with E-state index in [0.29, 0.717) is 35.6 Å². The molecule has 0 unspecified atom stereocenters. The highest BCUT2D eigenvalue weighted by atomic mass is 16.5. The fraction of sp³-hybridized carbons (Fsp3) is 0.357. The van der Waals surface area contributed by atoms with Gasteiger partial charge >= 0.3 is 0 Å². The van der Waals surface area contributed by atoms with Crippen LogP contribution in [0.5, 0.6) is 5.88 Å². The summed E-state index contributed by atoms with van der Waals surface area (Å²) in [6.45, 7) is 0. The summed E-state index contributed by atoms with van der Waals surface area (Å²) in [5.74, 6) is 0.0823. The minimum Gasteiger partial charge on any atom is -0.481 e. The molecule has 0 radical (unpaired) electrons. The first-order chi connectivity index (χ1) is 9.22. The van der Waals surface area contributed by atoms with Crippen LogP contribution in [0.3, 0.4) is 0 Å². The monoisotopic (exact) mass is 258 g/mol. The largest absolute Gasteiger partial charge is 0.481 e. The topological polar surface area (TPSA) is 59.5 Å². The van der Waals surface area contributed by atoms with E-state index in [9.17, 15) is 9.59 Å². The van der Waals surface area contributed by atoms with Crippen LogP contribution in [-0.2, 0) is 9.59 Å². The van der Waals surface area contributed by atoms with Gasteiger partial charge in [0, 0.05) is 17.2 Å². The maximum Gasteiger partial charge on any atom is 0.261 e. The highest BCUT2D eigenvalue weighted by molar-refractivity contribution is 6.32. The Balaban J connectivity index is 1.94. The number of hydrogen-bond donors (Lipinski definition) is 0. The Morgan fingerprint density at radius 1 is 1.11 bits per heavy atom. The van der Waals surface area contributed by atoms with E-state index in [1.807, 2.05) is 0 Å². The molecule has 2 amide bonds. The van der Waals surface area contributed by atoms with Gasteiger partial charge in [0.2, 0.25) is 5.88 Å². The number of nitrogens with zero attached hydrogens (tertiary/aromatic N) is 2. The predicted octanol–water partition coefficient (Wildman–Crippen LogP) is 1.83. The molecule has 1 aromatic rings. The van der Waals surface area contributed by atoms with E-state index in [1.165, 1.54) is 18.2 Å². The van der Waals surface area contributed by atoms with Crippen LogP contribution in [0.25, 0.3) is 0 Å². The molecule has 98 valence electrons. The van der Waals surface area contributed by atoms with E-state index in [1.54, 1.807) is 12.1 Å². The Kier molecular flexibility index (Phi) is 2.81. The van der Waals surface area contributed by atoms with E-state index in [4.69, 9.17) is 4.74 Å². The fourth-order valence-electron chi connectivity index (χ4n) is 2.60. The van der Waals surface area contributed by atoms with Gasteiger partial charge in [-0.3, -0.25) is 9.59 Å². The smallest absolute Gasteiger partial charge is 0.261 e. The second-order valence-electron chi connectivity index (χ2n) is 4.67. The standard InChI is InChI=1S/C14H14N2O3/c1-19-12-7-6-9(8-15-12)16-13(17)10-4-2-3-5-11(10)14(16)18/h6-8H,2-5H2,1H3. The number of ether oxygens (including phenoxy) is 1. The summed E-state index contributed by atoms with van der Waals surface area (Å²) in [5.41, 5.74) is 1.88. The third-order valence-electron chi connectivity index (χ3n) is 3.58. The van der Waals surface area contributed by atoms with Gasteiger partial charge < -0.3 is 4.74 Å². The lowest BCUT2D eigenvalue weighted by Gasteiger charge is -2.14. The van der Waals surface area contributed by atoms with Gasteiger partial charge in [0.25, 0.3) is 11.8 Å². The predicted molar refractivity (Wildman–Crippen MR) is 68.8 cm³/mol. The second-order valence-corrected chi connectivity index (χ2v) is 4.67. The number of imide groups is 1. The SMILES string of the molecule is COc1ccc(N2C(=O)C3=C(CCCC3)C2=O)cn1. The van der Waals surface area contributed by atoms with Crippen molar-refractivity contribution < 1.29 is 14.3 Å². The number of anilines is 1. The third-order valence-corrected chi connectivity index (χ3v) is 3.58. The minimum absolute atomic E-state index is 0.188. The molecule has 1 aromatic heterocycles. The van der Waals surface area contributed by atoms with Gasteiger partial charge in [-0.05, 0) is 31.7 Å². The van der Waals surface area contributed by atoms with Crippen molar-refractivity contribution >= 4 is 17.5 Å². The summed E-state index contributed by atoms with van der Waals surface area (Å²) in [5, 5.41) is 0. The van der Waals surface area contributed by atoms with Crippen molar-refractivity contribution in [3.05, 3.63) is 29.5 Å². The van der Waals surface area contributed by atoms with Crippen molar-refractivity contribution in [2.45, 2.75) is 25.7 Å². The summed E-state index contributed by atoms with van der Waals surface area (Å²) in [4.78, 5) is 29.9. The zero-order valence-corrected chi connectivity index (χ0v) is 10.7. The average Bonchev–Trinajstić information content (AvgIpc) is 2.72. The van der Waals surface area contributed by atoms with Crippen molar-refractivity contribution in [3.8, 4) is 5.88 Å². The van der Waals surface area contributed by atoms with Crippen LogP contribution in [0.1, 0.15) is 25.7 Å². The Morgan fingerprint density at radius 2 is 1.74 bits per heavy atom. The van der Waals surface area contributed by atoms with E-state index < -0.39 is 0 Å². The highest BCUT2D eigenvalue weighted by Gasteiger charge is 2.39. The van der Waals surface area contributed by atoms with E-state index >= 15 is 0 Å². The Hall–Kier alpha value is -2.17. The van der Waals surface area contributed by atoms with Gasteiger partial charge in [-0.15, -0.1) is 0 Å². The van der Waals surface area contributed by atoms with E-state index in [0.717, 1.165) is 12.8 Å². The van der Waals surface area contributed by atoms with Gasteiger partial charge in [-0.2, -0.15) is 0 Å². The number of aromatic nitrogens is 1. The number of hydrogen-bond acceptors (Lipinski definition) is 4. The summed E-state index contributed by atoms with van der Waals surface area (Å²) in [6, 6.07) is 3.33. The first-order valence-electron chi connectivity index (χ1n) is 6.33. The maximum absolute atomic E-state index is 12.3. The van der Waals surface area contributed by atoms with Crippen molar-refractivity contribution in [2.24, 2.45) is 0 Å². The lowest BCUT2D eigenvalue weighted by atomic mass is 9.93. The first kappa shape index (κ1) is 11.9. The highest BCUT2D eigenvalue weighted by Crippen LogP contribution is 2.35. The lowest BCUT2D eigenvalue weighted by Crippen LogP contribution is -2.31. The van der Waals surface area contributed by atoms with Crippen LogP contribution in [0.15, 0.2) is 29.5 Å². The van der Waals surface area contributed by atoms with Gasteiger partial charge in [-0.25, -0.2) is 9.88 Å². The molecule has 3 rings (SSSR count). The molecule has 0 N–H and O–H groups in total. The molecule has 0 atom stereocenters. The number of methoxy groups -OCH3 is 1. The number of carbonyl (C=O) groups is 2. The van der Waals surface area contributed by atoms with Crippen LogP contribution in [0.2, 0.25) is 0 Å². The Bertz CT molecular complexity index is 547. The Morgan fingerprint density at radius 3 is 2.21 bits per heavy atom. The third kappa shape index (κ3) is 1.82. The van der Waals surface area contributed by atoms with E-state index in [2.05, 4.69) is 4.98 Å². The zero-order chi connectivity index (χ0) is 13.4. The first-order valence-corrected chi connectivity index (χ1v) is 6.33. The maximum atomic E-state index is 12.3. The quantitative estimate of drug-likeness (QED) is 0.759. The van der Waals surface area contributed by atoms with Gasteiger partial charge in [0.05, 0.1) is 19.0 Å². The molecule has 19 heavy (non-hydrogen) atoms. The normalized spacial score (nSPS) is 18.9. The van der Waals surface area contributed by atoms with Crippen molar-refractivity contribution in [1.29, 1.82) is 0 Å². The van der Waals surface area contributed by atoms with Gasteiger partial charge in [0.15, 0.2) is 0 Å². The van der Waals surface area contributed by atoms with Crippen LogP contribution in [-0.4, -0.2) is 23.9 Å². The van der Waals surface area contributed by atoms with Crippen LogP contribution in [0, 0.1) is 0 Å². The molecule has 0 saturated carbocycles. The number of pyridine rings is 1. The fourth-order valence-corrected chi connectivity index (χ4v) is 2.60. The molecule has 5 heteroatoms. The molecule has 0 saturated heterocycles. The molecule has 5 nitrogen and oxygen atoms in total. The van der Waals surface area contributed by atoms with Crippen LogP contribution in [0.4, 0.5) is 5.69 Å². The van der Waals surface area contributed by atoms with Crippen molar-refractivity contribution in [2.75, 3.05) is 12.0 Å².